The van der Waals surface area contributed by atoms with Crippen molar-refractivity contribution in [2.75, 3.05) is 0 Å². The molecule has 3 aromatic rings. The summed E-state index contributed by atoms with van der Waals surface area (Å²) in [5.41, 5.74) is 0.137. The summed E-state index contributed by atoms with van der Waals surface area (Å²) in [4.78, 5) is 32.8. The lowest BCUT2D eigenvalue weighted by Gasteiger charge is -2.65. The van der Waals surface area contributed by atoms with Crippen LogP contribution in [0.3, 0.4) is 0 Å². The van der Waals surface area contributed by atoms with Crippen LogP contribution >= 0.6 is 0 Å². The molecule has 0 aromatic carbocycles. The molecular weight excluding hydrogens is 463 g/mol. The minimum absolute atomic E-state index is 0.0817. The Morgan fingerprint density at radius 2 is 1.91 bits per heavy atom. The maximum Gasteiger partial charge on any atom is 0.312 e. The van der Waals surface area contributed by atoms with Crippen LogP contribution in [0.25, 0.3) is 11.4 Å². The Balaban J connectivity index is 1.26. The van der Waals surface area contributed by atoms with Crippen molar-refractivity contribution in [2.45, 2.75) is 50.8 Å². The molecule has 8 nitrogen and oxygen atoms in total. The van der Waals surface area contributed by atoms with Crippen LogP contribution in [0.1, 0.15) is 60.3 Å². The third-order valence-corrected chi connectivity index (χ3v) is 6.77. The van der Waals surface area contributed by atoms with E-state index in [4.69, 9.17) is 4.74 Å². The SMILES string of the molecule is C[C@@H](OC(=O)Cc1c(-c2ccc(C(=O)CC34CC(F)(C3)C4)cn2)nnn1C)c1cc(F)cnc1F. The maximum absolute atomic E-state index is 13.9. The van der Waals surface area contributed by atoms with Crippen molar-refractivity contribution in [3.8, 4) is 11.4 Å². The van der Waals surface area contributed by atoms with E-state index < -0.39 is 29.5 Å². The van der Waals surface area contributed by atoms with Crippen LogP contribution in [-0.4, -0.2) is 42.4 Å². The number of hydrogen-bond acceptors (Lipinski definition) is 7. The molecule has 0 unspecified atom stereocenters. The number of nitrogens with zero attached hydrogens (tertiary/aromatic N) is 5. The molecule has 1 atom stereocenters. The molecule has 3 heterocycles. The first-order chi connectivity index (χ1) is 16.6. The number of rotatable bonds is 8. The highest BCUT2D eigenvalue weighted by atomic mass is 19.1. The second-order valence-electron chi connectivity index (χ2n) is 9.56. The van der Waals surface area contributed by atoms with Gasteiger partial charge in [-0.3, -0.25) is 19.3 Å². The number of halogens is 3. The zero-order valence-corrected chi connectivity index (χ0v) is 19.1. The molecule has 3 aliphatic carbocycles. The van der Waals surface area contributed by atoms with Crippen LogP contribution in [0.5, 0.6) is 0 Å². The Morgan fingerprint density at radius 3 is 2.57 bits per heavy atom. The molecule has 182 valence electrons. The van der Waals surface area contributed by atoms with Gasteiger partial charge in [0, 0.05) is 25.2 Å². The molecule has 0 radical (unpaired) electrons. The number of esters is 1. The number of carbonyl (C=O) groups is 2. The summed E-state index contributed by atoms with van der Waals surface area (Å²) in [5, 5.41) is 8.01. The number of ketones is 1. The maximum atomic E-state index is 13.9. The van der Waals surface area contributed by atoms with Crippen molar-refractivity contribution in [1.29, 1.82) is 0 Å². The lowest BCUT2D eigenvalue weighted by atomic mass is 9.41. The Labute approximate surface area is 198 Å². The van der Waals surface area contributed by atoms with Crippen molar-refractivity contribution in [1.82, 2.24) is 25.0 Å². The van der Waals surface area contributed by atoms with Gasteiger partial charge in [0.2, 0.25) is 5.95 Å². The van der Waals surface area contributed by atoms with Crippen LogP contribution in [0.2, 0.25) is 0 Å². The summed E-state index contributed by atoms with van der Waals surface area (Å²) in [6, 6.07) is 4.16. The van der Waals surface area contributed by atoms with Crippen molar-refractivity contribution in [3.05, 3.63) is 59.2 Å². The highest BCUT2D eigenvalue weighted by molar-refractivity contribution is 5.96. The lowest BCUT2D eigenvalue weighted by Crippen LogP contribution is -2.64. The molecule has 11 heteroatoms. The number of pyridine rings is 2. The number of alkyl halides is 1. The van der Waals surface area contributed by atoms with Gasteiger partial charge in [0.15, 0.2) is 5.78 Å². The molecule has 0 spiro atoms. The highest BCUT2D eigenvalue weighted by Crippen LogP contribution is 2.71. The molecule has 6 rings (SSSR count). The van der Waals surface area contributed by atoms with Crippen molar-refractivity contribution < 1.29 is 27.5 Å². The van der Waals surface area contributed by atoms with Crippen molar-refractivity contribution in [2.24, 2.45) is 12.5 Å². The van der Waals surface area contributed by atoms with Gasteiger partial charge in [-0.2, -0.15) is 4.39 Å². The Bertz CT molecular complexity index is 1300. The molecule has 3 aromatic heterocycles. The first-order valence-electron chi connectivity index (χ1n) is 11.1. The predicted octanol–water partition coefficient (Wildman–Crippen LogP) is 3.86. The molecular formula is C24H22F3N5O3. The molecule has 3 saturated carbocycles. The number of ether oxygens (including phenoxy) is 1. The topological polar surface area (TPSA) is 99.9 Å². The van der Waals surface area contributed by atoms with E-state index >= 15 is 0 Å². The van der Waals surface area contributed by atoms with E-state index in [0.29, 0.717) is 48.3 Å². The van der Waals surface area contributed by atoms with Crippen LogP contribution < -0.4 is 0 Å². The van der Waals surface area contributed by atoms with E-state index in [1.54, 1.807) is 19.2 Å². The number of hydrogen-bond donors (Lipinski definition) is 0. The predicted molar refractivity (Wildman–Crippen MR) is 116 cm³/mol. The van der Waals surface area contributed by atoms with Crippen molar-refractivity contribution >= 4 is 11.8 Å². The third kappa shape index (κ3) is 4.30. The fourth-order valence-electron chi connectivity index (χ4n) is 5.13. The van der Waals surface area contributed by atoms with E-state index in [0.717, 1.165) is 12.3 Å². The van der Waals surface area contributed by atoms with E-state index in [1.807, 2.05) is 0 Å². The summed E-state index contributed by atoms with van der Waals surface area (Å²) in [7, 11) is 1.60. The average Bonchev–Trinajstić information content (AvgIpc) is 3.13. The van der Waals surface area contributed by atoms with E-state index in [2.05, 4.69) is 20.3 Å². The second-order valence-corrected chi connectivity index (χ2v) is 9.56. The van der Waals surface area contributed by atoms with Gasteiger partial charge in [0.25, 0.3) is 0 Å². The van der Waals surface area contributed by atoms with Gasteiger partial charge in [-0.05, 0) is 49.8 Å². The summed E-state index contributed by atoms with van der Waals surface area (Å²) in [5.74, 6) is -2.46. The first-order valence-corrected chi connectivity index (χ1v) is 11.1. The number of carbonyl (C=O) groups excluding carboxylic acids is 2. The van der Waals surface area contributed by atoms with Gasteiger partial charge < -0.3 is 4.74 Å². The molecule has 35 heavy (non-hydrogen) atoms. The van der Waals surface area contributed by atoms with Crippen LogP contribution in [0.4, 0.5) is 13.2 Å². The van der Waals surface area contributed by atoms with Crippen LogP contribution in [-0.2, 0) is 23.0 Å². The van der Waals surface area contributed by atoms with E-state index in [1.165, 1.54) is 17.8 Å². The van der Waals surface area contributed by atoms with Gasteiger partial charge in [0.1, 0.15) is 23.3 Å². The van der Waals surface area contributed by atoms with Gasteiger partial charge in [-0.15, -0.1) is 5.10 Å². The molecule has 3 fully saturated rings. The third-order valence-electron chi connectivity index (χ3n) is 6.77. The monoisotopic (exact) mass is 485 g/mol. The smallest absolute Gasteiger partial charge is 0.312 e. The standard InChI is InChI=1S/C24H22F3N5O3/c1-13(16-5-15(25)9-29-22(16)26)35-20(34)6-18-21(30-31-32(18)2)17-4-3-14(8-28-17)19(33)7-23-10-24(27,11-23)12-23/h3-5,8-9,13H,6-7,10-12H2,1-2H3/t13-,23?,24?/m1/s1. The molecule has 0 amide bonds. The Morgan fingerprint density at radius 1 is 1.17 bits per heavy atom. The molecule has 0 saturated heterocycles. The summed E-state index contributed by atoms with van der Waals surface area (Å²) in [6.07, 6.45) is 2.54. The van der Waals surface area contributed by atoms with E-state index in [-0.39, 0.29) is 23.2 Å². The number of aromatic nitrogens is 5. The normalized spacial score (nSPS) is 23.2. The Kier molecular flexibility index (Phi) is 5.45. The lowest BCUT2D eigenvalue weighted by molar-refractivity contribution is -0.210. The number of Topliss-reactive ketones (excluding diaryl/α,β-unsaturated/α-hetero) is 1. The summed E-state index contributed by atoms with van der Waals surface area (Å²) < 4.78 is 47.7. The molecule has 0 aliphatic heterocycles. The minimum atomic E-state index is -1.06. The van der Waals surface area contributed by atoms with Gasteiger partial charge >= 0.3 is 5.97 Å². The van der Waals surface area contributed by atoms with Crippen molar-refractivity contribution in [3.63, 3.8) is 0 Å². The second kappa shape index (κ2) is 8.24. The van der Waals surface area contributed by atoms with Gasteiger partial charge in [0.05, 0.1) is 29.6 Å². The molecule has 0 N–H and O–H groups in total. The number of aryl methyl sites for hydroxylation is 1. The quantitative estimate of drug-likeness (QED) is 0.271. The first kappa shape index (κ1) is 23.1. The molecule has 2 bridgehead atoms. The minimum Gasteiger partial charge on any atom is -0.457 e. The van der Waals surface area contributed by atoms with Crippen LogP contribution in [0.15, 0.2) is 30.6 Å². The fraction of sp³-hybridized carbons (Fsp3) is 0.417. The largest absolute Gasteiger partial charge is 0.457 e. The zero-order chi connectivity index (χ0) is 25.0. The molecule has 3 aliphatic rings. The van der Waals surface area contributed by atoms with Crippen LogP contribution in [0, 0.1) is 17.2 Å². The average molecular weight is 485 g/mol. The highest BCUT2D eigenvalue weighted by Gasteiger charge is 2.69. The Hall–Kier alpha value is -3.63. The summed E-state index contributed by atoms with van der Waals surface area (Å²) >= 11 is 0. The van der Waals surface area contributed by atoms with Gasteiger partial charge in [-0.25, -0.2) is 13.8 Å². The zero-order valence-electron chi connectivity index (χ0n) is 19.1. The van der Waals surface area contributed by atoms with Gasteiger partial charge in [-0.1, -0.05) is 5.21 Å². The van der Waals surface area contributed by atoms with E-state index in [9.17, 15) is 22.8 Å². The summed E-state index contributed by atoms with van der Waals surface area (Å²) in [6.45, 7) is 1.41. The fourth-order valence-corrected chi connectivity index (χ4v) is 5.13.